The Hall–Kier alpha value is -2.65. The molecule has 1 saturated heterocycles. The zero-order chi connectivity index (χ0) is 29.3. The first-order valence-electron chi connectivity index (χ1n) is 16.0. The van der Waals surface area contributed by atoms with E-state index >= 15 is 0 Å². The SMILES string of the molecule is CC1(C)[C@@H]2[C@@H](C(=O)N[C@@H](CC3CCC3)C(=O)C(N)=O)N(C(=O)[C@@H](NC(=O)OC3CCCCC3)C3CCCCC3)C[C@@H]21. The van der Waals surface area contributed by atoms with Gasteiger partial charge >= 0.3 is 6.09 Å². The lowest BCUT2D eigenvalue weighted by atomic mass is 9.80. The van der Waals surface area contributed by atoms with E-state index in [1.807, 2.05) is 0 Å². The molecule has 4 saturated carbocycles. The molecule has 41 heavy (non-hydrogen) atoms. The van der Waals surface area contributed by atoms with Gasteiger partial charge < -0.3 is 26.0 Å². The minimum absolute atomic E-state index is 0.0217. The Labute approximate surface area is 243 Å². The molecule has 0 bridgehead atoms. The van der Waals surface area contributed by atoms with E-state index in [2.05, 4.69) is 24.5 Å². The predicted octanol–water partition coefficient (Wildman–Crippen LogP) is 3.21. The van der Waals surface area contributed by atoms with Gasteiger partial charge in [0.1, 0.15) is 18.2 Å². The number of fused-ring (bicyclic) bond motifs is 1. The predicted molar refractivity (Wildman–Crippen MR) is 151 cm³/mol. The number of amides is 4. The van der Waals surface area contributed by atoms with Crippen molar-refractivity contribution in [1.82, 2.24) is 15.5 Å². The summed E-state index contributed by atoms with van der Waals surface area (Å²) < 4.78 is 5.74. The van der Waals surface area contributed by atoms with Crippen LogP contribution in [0.2, 0.25) is 0 Å². The normalized spacial score (nSPS) is 29.4. The number of carbonyl (C=O) groups is 5. The van der Waals surface area contributed by atoms with Crippen LogP contribution in [0.15, 0.2) is 0 Å². The van der Waals surface area contributed by atoms with Crippen LogP contribution in [0.25, 0.3) is 0 Å². The van der Waals surface area contributed by atoms with Gasteiger partial charge in [0.05, 0.1) is 6.04 Å². The summed E-state index contributed by atoms with van der Waals surface area (Å²) in [6, 6.07) is -2.52. The van der Waals surface area contributed by atoms with Gasteiger partial charge in [-0.3, -0.25) is 19.2 Å². The Morgan fingerprint density at radius 3 is 2.10 bits per heavy atom. The van der Waals surface area contributed by atoms with Crippen LogP contribution in [0.4, 0.5) is 4.79 Å². The van der Waals surface area contributed by atoms with E-state index < -0.39 is 41.8 Å². The Kier molecular flexibility index (Phi) is 8.95. The van der Waals surface area contributed by atoms with E-state index in [4.69, 9.17) is 10.5 Å². The molecule has 4 N–H and O–H groups in total. The number of primary amides is 1. The number of likely N-dealkylation sites (tertiary alicyclic amines) is 1. The molecule has 1 aliphatic heterocycles. The Morgan fingerprint density at radius 2 is 1.51 bits per heavy atom. The molecule has 0 unspecified atom stereocenters. The highest BCUT2D eigenvalue weighted by Crippen LogP contribution is 2.65. The van der Waals surface area contributed by atoms with Crippen LogP contribution in [-0.2, 0) is 23.9 Å². The second-order valence-corrected chi connectivity index (χ2v) is 13.9. The number of nitrogens with one attached hydrogen (secondary N) is 2. The van der Waals surface area contributed by atoms with E-state index in [-0.39, 0.29) is 41.1 Å². The number of nitrogens with zero attached hydrogens (tertiary/aromatic N) is 1. The fourth-order valence-corrected chi connectivity index (χ4v) is 8.06. The number of hydrogen-bond donors (Lipinski definition) is 3. The van der Waals surface area contributed by atoms with Crippen molar-refractivity contribution in [3.63, 3.8) is 0 Å². The number of nitrogens with two attached hydrogens (primary N) is 1. The van der Waals surface area contributed by atoms with Crippen molar-refractivity contribution >= 4 is 29.6 Å². The summed E-state index contributed by atoms with van der Waals surface area (Å²) in [5.41, 5.74) is 5.21. The molecular formula is C31H48N4O6. The van der Waals surface area contributed by atoms with Gasteiger partial charge in [0.2, 0.25) is 17.6 Å². The summed E-state index contributed by atoms with van der Waals surface area (Å²) in [6.45, 7) is 4.63. The van der Waals surface area contributed by atoms with Crippen LogP contribution in [-0.4, -0.2) is 65.3 Å². The zero-order valence-corrected chi connectivity index (χ0v) is 24.7. The molecule has 4 amide bonds. The summed E-state index contributed by atoms with van der Waals surface area (Å²) in [5.74, 6) is -2.17. The number of piperidine rings is 1. The third-order valence-electron chi connectivity index (χ3n) is 10.9. The lowest BCUT2D eigenvalue weighted by Crippen LogP contribution is -2.59. The van der Waals surface area contributed by atoms with Crippen molar-refractivity contribution in [3.8, 4) is 0 Å². The molecule has 10 nitrogen and oxygen atoms in total. The van der Waals surface area contributed by atoms with Crippen molar-refractivity contribution in [2.45, 2.75) is 128 Å². The minimum atomic E-state index is -1.06. The first kappa shape index (κ1) is 29.8. The number of alkyl carbamates (subject to hydrolysis) is 1. The Morgan fingerprint density at radius 1 is 0.878 bits per heavy atom. The molecule has 5 atom stereocenters. The minimum Gasteiger partial charge on any atom is -0.446 e. The van der Waals surface area contributed by atoms with Crippen LogP contribution >= 0.6 is 0 Å². The zero-order valence-electron chi connectivity index (χ0n) is 24.7. The molecule has 0 spiro atoms. The molecule has 0 aromatic carbocycles. The lowest BCUT2D eigenvalue weighted by Gasteiger charge is -2.37. The maximum absolute atomic E-state index is 14.3. The second kappa shape index (κ2) is 12.3. The molecular weight excluding hydrogens is 524 g/mol. The highest BCUT2D eigenvalue weighted by molar-refractivity contribution is 6.37. The van der Waals surface area contributed by atoms with Crippen molar-refractivity contribution in [3.05, 3.63) is 0 Å². The van der Waals surface area contributed by atoms with E-state index in [1.165, 1.54) is 0 Å². The van der Waals surface area contributed by atoms with E-state index in [9.17, 15) is 24.0 Å². The van der Waals surface area contributed by atoms with Gasteiger partial charge in [-0.25, -0.2) is 4.79 Å². The summed E-state index contributed by atoms with van der Waals surface area (Å²) >= 11 is 0. The van der Waals surface area contributed by atoms with E-state index in [0.29, 0.717) is 13.0 Å². The van der Waals surface area contributed by atoms with Crippen LogP contribution in [0.1, 0.15) is 104 Å². The smallest absolute Gasteiger partial charge is 0.408 e. The quantitative estimate of drug-likeness (QED) is 0.343. The molecule has 5 rings (SSSR count). The van der Waals surface area contributed by atoms with Gasteiger partial charge in [0, 0.05) is 6.54 Å². The Balaban J connectivity index is 1.33. The number of hydrogen-bond acceptors (Lipinski definition) is 6. The fourth-order valence-electron chi connectivity index (χ4n) is 8.06. The molecule has 10 heteroatoms. The van der Waals surface area contributed by atoms with Gasteiger partial charge in [-0.1, -0.05) is 58.8 Å². The molecule has 228 valence electrons. The maximum atomic E-state index is 14.3. The molecule has 0 aromatic heterocycles. The van der Waals surface area contributed by atoms with Gasteiger partial charge in [-0.15, -0.1) is 0 Å². The largest absolute Gasteiger partial charge is 0.446 e. The second-order valence-electron chi connectivity index (χ2n) is 13.9. The van der Waals surface area contributed by atoms with Gasteiger partial charge in [0.25, 0.3) is 5.91 Å². The number of ether oxygens (including phenoxy) is 1. The van der Waals surface area contributed by atoms with Gasteiger partial charge in [0.15, 0.2) is 0 Å². The third kappa shape index (κ3) is 6.41. The van der Waals surface area contributed by atoms with Gasteiger partial charge in [-0.2, -0.15) is 0 Å². The Bertz CT molecular complexity index is 1030. The fraction of sp³-hybridized carbons (Fsp3) is 0.839. The number of Topliss-reactive ketones (excluding diaryl/α,β-unsaturated/α-hetero) is 1. The molecule has 0 radical (unpaired) electrons. The maximum Gasteiger partial charge on any atom is 0.408 e. The standard InChI is InChI=1S/C31H48N4O6/c1-31(2)21-17-35(25(23(21)31)28(38)33-22(26(36)27(32)37)16-18-10-9-11-18)29(39)24(19-12-5-3-6-13-19)34-30(40)41-20-14-7-4-8-15-20/h18-25H,3-17H2,1-2H3,(H2,32,37)(H,33,38)(H,34,40)/t21-,22-,23-,24-,25-/m0/s1. The van der Waals surface area contributed by atoms with Gasteiger partial charge in [-0.05, 0) is 74.0 Å². The summed E-state index contributed by atoms with van der Waals surface area (Å²) in [6.07, 6.45) is 12.3. The van der Waals surface area contributed by atoms with Crippen molar-refractivity contribution in [2.24, 2.45) is 34.8 Å². The average Bonchev–Trinajstić information content (AvgIpc) is 3.25. The average molecular weight is 573 g/mol. The van der Waals surface area contributed by atoms with Crippen molar-refractivity contribution in [1.29, 1.82) is 0 Å². The van der Waals surface area contributed by atoms with Crippen LogP contribution < -0.4 is 16.4 Å². The first-order valence-corrected chi connectivity index (χ1v) is 16.0. The molecule has 1 heterocycles. The molecule has 5 fully saturated rings. The topological polar surface area (TPSA) is 148 Å². The summed E-state index contributed by atoms with van der Waals surface area (Å²) in [7, 11) is 0. The van der Waals surface area contributed by atoms with Crippen LogP contribution in [0, 0.1) is 29.1 Å². The number of ketones is 1. The van der Waals surface area contributed by atoms with Crippen molar-refractivity contribution < 1.29 is 28.7 Å². The summed E-state index contributed by atoms with van der Waals surface area (Å²) in [4.78, 5) is 67.3. The molecule has 0 aromatic rings. The van der Waals surface area contributed by atoms with E-state index in [1.54, 1.807) is 4.90 Å². The lowest BCUT2D eigenvalue weighted by molar-refractivity contribution is -0.144. The van der Waals surface area contributed by atoms with Crippen molar-refractivity contribution in [2.75, 3.05) is 6.54 Å². The number of rotatable bonds is 10. The van der Waals surface area contributed by atoms with Crippen LogP contribution in [0.5, 0.6) is 0 Å². The van der Waals surface area contributed by atoms with Crippen LogP contribution in [0.3, 0.4) is 0 Å². The summed E-state index contributed by atoms with van der Waals surface area (Å²) in [5, 5.41) is 5.77. The molecule has 4 aliphatic carbocycles. The first-order chi connectivity index (χ1) is 19.6. The third-order valence-corrected chi connectivity index (χ3v) is 10.9. The van der Waals surface area contributed by atoms with E-state index in [0.717, 1.165) is 83.5 Å². The monoisotopic (exact) mass is 572 g/mol. The highest BCUT2D eigenvalue weighted by atomic mass is 16.6. The highest BCUT2D eigenvalue weighted by Gasteiger charge is 2.69. The number of carbonyl (C=O) groups excluding carboxylic acids is 5. The molecule has 5 aliphatic rings.